The molecule has 3 heterocycles. The summed E-state index contributed by atoms with van der Waals surface area (Å²) in [6.45, 7) is 2.38. The molecule has 0 N–H and O–H groups in total. The Morgan fingerprint density at radius 1 is 1.12 bits per heavy atom. The van der Waals surface area contributed by atoms with Gasteiger partial charge in [0.2, 0.25) is 0 Å². The van der Waals surface area contributed by atoms with E-state index in [1.165, 1.54) is 6.07 Å². The number of ether oxygens (including phenoxy) is 2. The van der Waals surface area contributed by atoms with E-state index in [-0.39, 0.29) is 11.5 Å². The number of aryl methyl sites for hydroxylation is 1. The van der Waals surface area contributed by atoms with E-state index in [1.807, 2.05) is 24.3 Å². The van der Waals surface area contributed by atoms with Crippen LogP contribution in [0, 0.1) is 0 Å². The Morgan fingerprint density at radius 2 is 1.79 bits per heavy atom. The SMILES string of the molecule is Cn1c(=O)cc(C(=O)N2CCC3(CC2)OCCO3)c2ccccc21. The van der Waals surface area contributed by atoms with Crippen LogP contribution in [0.3, 0.4) is 0 Å². The van der Waals surface area contributed by atoms with Crippen LogP contribution in [0.1, 0.15) is 23.2 Å². The topological polar surface area (TPSA) is 60.8 Å². The summed E-state index contributed by atoms with van der Waals surface area (Å²) in [5.74, 6) is -0.608. The first-order chi connectivity index (χ1) is 11.6. The number of carbonyl (C=O) groups excluding carboxylic acids is 1. The van der Waals surface area contributed by atoms with E-state index in [2.05, 4.69) is 0 Å². The van der Waals surface area contributed by atoms with Gasteiger partial charge in [0.15, 0.2) is 5.79 Å². The summed E-state index contributed by atoms with van der Waals surface area (Å²) in [5, 5.41) is 0.804. The third kappa shape index (κ3) is 2.42. The lowest BCUT2D eigenvalue weighted by atomic mass is 10.0. The van der Waals surface area contributed by atoms with Crippen LogP contribution in [0.5, 0.6) is 0 Å². The number of piperidine rings is 1. The highest BCUT2D eigenvalue weighted by Crippen LogP contribution is 2.32. The van der Waals surface area contributed by atoms with Gasteiger partial charge in [-0.2, -0.15) is 0 Å². The zero-order chi connectivity index (χ0) is 16.7. The molecule has 2 aliphatic heterocycles. The molecule has 6 nitrogen and oxygen atoms in total. The van der Waals surface area contributed by atoms with Gasteiger partial charge in [-0.15, -0.1) is 0 Å². The van der Waals surface area contributed by atoms with Crippen molar-refractivity contribution in [3.05, 3.63) is 46.2 Å². The van der Waals surface area contributed by atoms with Gasteiger partial charge in [-0.05, 0) is 6.07 Å². The van der Waals surface area contributed by atoms with Crippen LogP contribution in [-0.2, 0) is 16.5 Å². The molecule has 24 heavy (non-hydrogen) atoms. The van der Waals surface area contributed by atoms with Crippen molar-refractivity contribution >= 4 is 16.8 Å². The maximum Gasteiger partial charge on any atom is 0.254 e. The van der Waals surface area contributed by atoms with Crippen molar-refractivity contribution in [1.29, 1.82) is 0 Å². The molecule has 1 amide bonds. The molecule has 0 radical (unpaired) electrons. The number of pyridine rings is 1. The Morgan fingerprint density at radius 3 is 2.50 bits per heavy atom. The van der Waals surface area contributed by atoms with Crippen LogP contribution in [0.2, 0.25) is 0 Å². The summed E-state index contributed by atoms with van der Waals surface area (Å²) in [7, 11) is 1.72. The van der Waals surface area contributed by atoms with E-state index >= 15 is 0 Å². The van der Waals surface area contributed by atoms with Gasteiger partial charge in [-0.3, -0.25) is 9.59 Å². The molecule has 0 bridgehead atoms. The predicted molar refractivity (Wildman–Crippen MR) is 89.0 cm³/mol. The number of nitrogens with zero attached hydrogens (tertiary/aromatic N) is 2. The Hall–Kier alpha value is -2.18. The largest absolute Gasteiger partial charge is 0.347 e. The number of fused-ring (bicyclic) bond motifs is 1. The number of benzene rings is 1. The van der Waals surface area contributed by atoms with E-state index in [0.717, 1.165) is 10.9 Å². The second kappa shape index (κ2) is 5.72. The first kappa shape index (κ1) is 15.4. The third-order valence-electron chi connectivity index (χ3n) is 5.01. The van der Waals surface area contributed by atoms with Crippen LogP contribution in [0.25, 0.3) is 10.9 Å². The predicted octanol–water partition coefficient (Wildman–Crippen LogP) is 1.52. The van der Waals surface area contributed by atoms with Crippen LogP contribution in [-0.4, -0.2) is 47.5 Å². The Bertz CT molecular complexity index is 842. The third-order valence-corrected chi connectivity index (χ3v) is 5.01. The van der Waals surface area contributed by atoms with Gasteiger partial charge in [0.25, 0.3) is 11.5 Å². The average Bonchev–Trinajstić information content (AvgIpc) is 3.06. The molecule has 6 heteroatoms. The molecule has 1 aromatic heterocycles. The highest BCUT2D eigenvalue weighted by Gasteiger charge is 2.41. The number of para-hydroxylation sites is 1. The van der Waals surface area contributed by atoms with Crippen LogP contribution < -0.4 is 5.56 Å². The van der Waals surface area contributed by atoms with Gasteiger partial charge in [0.1, 0.15) is 0 Å². The minimum absolute atomic E-state index is 0.100. The lowest BCUT2D eigenvalue weighted by Crippen LogP contribution is -2.47. The highest BCUT2D eigenvalue weighted by atomic mass is 16.7. The minimum Gasteiger partial charge on any atom is -0.347 e. The van der Waals surface area contributed by atoms with E-state index in [4.69, 9.17) is 9.47 Å². The summed E-state index contributed by atoms with van der Waals surface area (Å²) in [6, 6.07) is 8.94. The van der Waals surface area contributed by atoms with Crippen molar-refractivity contribution in [1.82, 2.24) is 9.47 Å². The van der Waals surface area contributed by atoms with E-state index in [1.54, 1.807) is 16.5 Å². The molecular weight excluding hydrogens is 308 g/mol. The maximum absolute atomic E-state index is 13.0. The quantitative estimate of drug-likeness (QED) is 0.796. The molecular formula is C18H20N2O4. The normalized spacial score (nSPS) is 20.0. The van der Waals surface area contributed by atoms with Crippen molar-refractivity contribution in [2.24, 2.45) is 7.05 Å². The summed E-state index contributed by atoms with van der Waals surface area (Å²) >= 11 is 0. The lowest BCUT2D eigenvalue weighted by molar-refractivity contribution is -0.181. The van der Waals surface area contributed by atoms with E-state index in [0.29, 0.717) is 44.7 Å². The number of amides is 1. The number of hydrogen-bond donors (Lipinski definition) is 0. The second-order valence-electron chi connectivity index (χ2n) is 6.37. The molecule has 0 saturated carbocycles. The summed E-state index contributed by atoms with van der Waals surface area (Å²) in [6.07, 6.45) is 1.34. The molecule has 126 valence electrons. The molecule has 1 aromatic carbocycles. The van der Waals surface area contributed by atoms with Gasteiger partial charge < -0.3 is 18.9 Å². The second-order valence-corrected chi connectivity index (χ2v) is 6.37. The average molecular weight is 328 g/mol. The van der Waals surface area contributed by atoms with Crippen molar-refractivity contribution < 1.29 is 14.3 Å². The number of aromatic nitrogens is 1. The fraction of sp³-hybridized carbons (Fsp3) is 0.444. The number of likely N-dealkylation sites (tertiary alicyclic amines) is 1. The van der Waals surface area contributed by atoms with E-state index < -0.39 is 5.79 Å². The molecule has 0 atom stereocenters. The Balaban J connectivity index is 1.65. The van der Waals surface area contributed by atoms with Crippen molar-refractivity contribution in [2.75, 3.05) is 26.3 Å². The Labute approximate surface area is 139 Å². The molecule has 4 rings (SSSR count). The fourth-order valence-electron chi connectivity index (χ4n) is 3.59. The van der Waals surface area contributed by atoms with Crippen LogP contribution >= 0.6 is 0 Å². The van der Waals surface area contributed by atoms with Gasteiger partial charge >= 0.3 is 0 Å². The summed E-state index contributed by atoms with van der Waals surface area (Å²) in [5.41, 5.74) is 1.06. The maximum atomic E-state index is 13.0. The molecule has 0 unspecified atom stereocenters. The Kier molecular flexibility index (Phi) is 3.66. The molecule has 2 fully saturated rings. The summed E-state index contributed by atoms with van der Waals surface area (Å²) < 4.78 is 13.0. The first-order valence-corrected chi connectivity index (χ1v) is 8.26. The first-order valence-electron chi connectivity index (χ1n) is 8.26. The number of rotatable bonds is 1. The molecule has 1 spiro atoms. The fourth-order valence-corrected chi connectivity index (χ4v) is 3.59. The van der Waals surface area contributed by atoms with Crippen molar-refractivity contribution in [3.63, 3.8) is 0 Å². The lowest BCUT2D eigenvalue weighted by Gasteiger charge is -2.37. The zero-order valence-corrected chi connectivity index (χ0v) is 13.7. The smallest absolute Gasteiger partial charge is 0.254 e. The number of hydrogen-bond acceptors (Lipinski definition) is 4. The van der Waals surface area contributed by atoms with Gasteiger partial charge in [-0.25, -0.2) is 0 Å². The van der Waals surface area contributed by atoms with Gasteiger partial charge in [0.05, 0.1) is 24.3 Å². The molecule has 2 aliphatic rings. The van der Waals surface area contributed by atoms with Gasteiger partial charge in [-0.1, -0.05) is 18.2 Å². The van der Waals surface area contributed by atoms with Crippen molar-refractivity contribution in [2.45, 2.75) is 18.6 Å². The highest BCUT2D eigenvalue weighted by molar-refractivity contribution is 6.06. The van der Waals surface area contributed by atoms with Gasteiger partial charge in [0, 0.05) is 44.4 Å². The molecule has 0 aliphatic carbocycles. The monoisotopic (exact) mass is 328 g/mol. The molecule has 2 saturated heterocycles. The minimum atomic E-state index is -0.508. The van der Waals surface area contributed by atoms with E-state index in [9.17, 15) is 9.59 Å². The number of carbonyl (C=O) groups is 1. The van der Waals surface area contributed by atoms with Crippen LogP contribution in [0.15, 0.2) is 35.1 Å². The van der Waals surface area contributed by atoms with Crippen LogP contribution in [0.4, 0.5) is 0 Å². The molecule has 2 aromatic rings. The standard InChI is InChI=1S/C18H20N2O4/c1-19-15-5-3-2-4-13(15)14(12-16(19)21)17(22)20-8-6-18(7-9-20)23-10-11-24-18/h2-5,12H,6-11H2,1H3. The zero-order valence-electron chi connectivity index (χ0n) is 13.7. The summed E-state index contributed by atoms with van der Waals surface area (Å²) in [4.78, 5) is 27.0. The van der Waals surface area contributed by atoms with Crippen molar-refractivity contribution in [3.8, 4) is 0 Å².